The molecule has 1 aliphatic rings. The number of nitrogens with zero attached hydrogens (tertiary/aromatic N) is 3. The third kappa shape index (κ3) is 4.43. The number of nitrogen functional groups attached to an aromatic ring is 1. The minimum atomic E-state index is -1.10. The predicted molar refractivity (Wildman–Crippen MR) is 125 cm³/mol. The molecule has 1 saturated heterocycles. The lowest BCUT2D eigenvalue weighted by atomic mass is 9.80. The zero-order valence-corrected chi connectivity index (χ0v) is 18.6. The van der Waals surface area contributed by atoms with Crippen molar-refractivity contribution in [2.75, 3.05) is 11.1 Å². The molecule has 0 bridgehead atoms. The molecule has 1 aromatic carbocycles. The second-order valence-corrected chi connectivity index (χ2v) is 8.23. The number of hydrogen-bond acceptors (Lipinski definition) is 8. The number of carbonyl (C=O) groups is 1. The van der Waals surface area contributed by atoms with E-state index >= 15 is 0 Å². The monoisotopic (exact) mass is 448 g/mol. The highest BCUT2D eigenvalue weighted by Gasteiger charge is 2.46. The average Bonchev–Trinajstić information content (AvgIpc) is 2.83. The van der Waals surface area contributed by atoms with E-state index < -0.39 is 29.8 Å². The van der Waals surface area contributed by atoms with Gasteiger partial charge in [0.25, 0.3) is 5.91 Å². The number of rotatable bonds is 5. The molecule has 172 valence electrons. The molecule has 0 spiro atoms. The van der Waals surface area contributed by atoms with Crippen molar-refractivity contribution in [2.45, 2.75) is 50.5 Å². The molecule has 0 saturated carbocycles. The maximum Gasteiger partial charge on any atom is 0.278 e. The Kier molecular flexibility index (Phi) is 6.37. The van der Waals surface area contributed by atoms with Crippen molar-refractivity contribution in [1.82, 2.24) is 15.0 Å². The van der Waals surface area contributed by atoms with Gasteiger partial charge in [-0.2, -0.15) is 0 Å². The first kappa shape index (κ1) is 22.8. The molecule has 0 radical (unpaired) electrons. The normalized spacial score (nSPS) is 24.9. The summed E-state index contributed by atoms with van der Waals surface area (Å²) in [6.07, 6.45) is 4.68. The van der Waals surface area contributed by atoms with E-state index in [1.54, 1.807) is 19.2 Å². The average molecular weight is 449 g/mol. The Balaban J connectivity index is 1.60. The van der Waals surface area contributed by atoms with Crippen molar-refractivity contribution in [3.63, 3.8) is 0 Å². The number of amides is 1. The Bertz CT molecular complexity index is 1130. The summed E-state index contributed by atoms with van der Waals surface area (Å²) in [5, 5.41) is 13.7. The smallest absolute Gasteiger partial charge is 0.278 e. The maximum absolute atomic E-state index is 13.1. The molecule has 3 heterocycles. The molecule has 1 amide bonds. The number of carbonyl (C=O) groups excluding carboxylic acids is 1. The van der Waals surface area contributed by atoms with Crippen molar-refractivity contribution < 1.29 is 14.6 Å². The number of nitrogens with one attached hydrogen (secondary N) is 1. The molecular formula is C24H28N6O3. The number of aromatic nitrogens is 3. The Morgan fingerprint density at radius 3 is 2.73 bits per heavy atom. The van der Waals surface area contributed by atoms with Crippen LogP contribution < -0.4 is 16.8 Å². The molecule has 3 aromatic rings. The lowest BCUT2D eigenvalue weighted by Gasteiger charge is -2.45. The van der Waals surface area contributed by atoms with Crippen LogP contribution in [0.25, 0.3) is 11.3 Å². The number of nitrogens with two attached hydrogens (primary N) is 2. The van der Waals surface area contributed by atoms with Crippen LogP contribution in [-0.2, 0) is 4.74 Å². The summed E-state index contributed by atoms with van der Waals surface area (Å²) < 4.78 is 6.12. The Morgan fingerprint density at radius 1 is 1.27 bits per heavy atom. The summed E-state index contributed by atoms with van der Waals surface area (Å²) in [6.45, 7) is 3.69. The number of benzene rings is 1. The zero-order valence-electron chi connectivity index (χ0n) is 18.6. The van der Waals surface area contributed by atoms with Crippen LogP contribution in [-0.4, -0.2) is 43.7 Å². The molecule has 1 fully saturated rings. The Labute approximate surface area is 192 Å². The van der Waals surface area contributed by atoms with Crippen molar-refractivity contribution >= 4 is 17.4 Å². The fourth-order valence-corrected chi connectivity index (χ4v) is 4.19. The number of hydrogen-bond donors (Lipinski definition) is 4. The van der Waals surface area contributed by atoms with Crippen LogP contribution in [0.4, 0.5) is 11.5 Å². The number of aliphatic hydroxyl groups is 1. The quantitative estimate of drug-likeness (QED) is 0.465. The van der Waals surface area contributed by atoms with E-state index in [9.17, 15) is 9.90 Å². The first-order valence-corrected chi connectivity index (χ1v) is 10.9. The lowest BCUT2D eigenvalue weighted by molar-refractivity contribution is -0.181. The highest BCUT2D eigenvalue weighted by atomic mass is 16.5. The van der Waals surface area contributed by atoms with E-state index in [1.165, 1.54) is 12.4 Å². The minimum absolute atomic E-state index is 0.0150. The van der Waals surface area contributed by atoms with Gasteiger partial charge in [0.1, 0.15) is 5.60 Å². The van der Waals surface area contributed by atoms with Gasteiger partial charge in [0.05, 0.1) is 36.0 Å². The number of pyridine rings is 1. The van der Waals surface area contributed by atoms with Crippen LogP contribution in [0.1, 0.15) is 48.8 Å². The third-order valence-corrected chi connectivity index (χ3v) is 6.28. The first-order valence-electron chi connectivity index (χ1n) is 10.9. The molecule has 4 atom stereocenters. The van der Waals surface area contributed by atoms with E-state index in [0.29, 0.717) is 29.8 Å². The van der Waals surface area contributed by atoms with Gasteiger partial charge in [-0.05, 0) is 25.8 Å². The fraction of sp³-hybridized carbons (Fsp3) is 0.333. The lowest BCUT2D eigenvalue weighted by Crippen LogP contribution is -2.59. The SMILES string of the molecule is CC[C@]1(O)[C@H](C)O[C@H](c2ccncc2NC(=O)c2nc(-c3ccccc3)cnc2N)C[C@@H]1N. The van der Waals surface area contributed by atoms with Gasteiger partial charge in [-0.25, -0.2) is 9.97 Å². The van der Waals surface area contributed by atoms with Gasteiger partial charge in [0.2, 0.25) is 0 Å². The van der Waals surface area contributed by atoms with Gasteiger partial charge in [-0.3, -0.25) is 9.78 Å². The molecule has 1 aliphatic heterocycles. The second kappa shape index (κ2) is 9.22. The van der Waals surface area contributed by atoms with Gasteiger partial charge < -0.3 is 26.6 Å². The van der Waals surface area contributed by atoms with E-state index in [2.05, 4.69) is 20.3 Å². The molecule has 33 heavy (non-hydrogen) atoms. The van der Waals surface area contributed by atoms with Gasteiger partial charge in [0.15, 0.2) is 11.5 Å². The third-order valence-electron chi connectivity index (χ3n) is 6.28. The topological polar surface area (TPSA) is 149 Å². The Morgan fingerprint density at radius 2 is 2.03 bits per heavy atom. The van der Waals surface area contributed by atoms with Gasteiger partial charge >= 0.3 is 0 Å². The molecule has 0 aliphatic carbocycles. The van der Waals surface area contributed by atoms with Crippen LogP contribution in [0, 0.1) is 0 Å². The van der Waals surface area contributed by atoms with E-state index in [0.717, 1.165) is 5.56 Å². The Hall–Kier alpha value is -3.40. The molecule has 9 nitrogen and oxygen atoms in total. The highest BCUT2D eigenvalue weighted by molar-refractivity contribution is 6.06. The summed E-state index contributed by atoms with van der Waals surface area (Å²) in [4.78, 5) is 25.8. The maximum atomic E-state index is 13.1. The molecule has 2 aromatic heterocycles. The van der Waals surface area contributed by atoms with E-state index in [1.807, 2.05) is 37.3 Å². The summed E-state index contributed by atoms with van der Waals surface area (Å²) in [5.41, 5.74) is 13.7. The molecule has 0 unspecified atom stereocenters. The van der Waals surface area contributed by atoms with Crippen LogP contribution >= 0.6 is 0 Å². The van der Waals surface area contributed by atoms with Crippen LogP contribution in [0.5, 0.6) is 0 Å². The minimum Gasteiger partial charge on any atom is -0.386 e. The standard InChI is InChI=1S/C24H28N6O3/c1-3-24(32)14(2)33-19(11-20(24)25)16-9-10-27-12-18(16)30-23(31)21-22(26)28-13-17(29-21)15-7-5-4-6-8-15/h4-10,12-14,19-20,32H,3,11,25H2,1-2H3,(H2,26,28)(H,30,31)/t14-,19-,20-,24-/m0/s1. The van der Waals surface area contributed by atoms with Gasteiger partial charge in [0, 0.05) is 23.4 Å². The first-order chi connectivity index (χ1) is 15.8. The summed E-state index contributed by atoms with van der Waals surface area (Å²) >= 11 is 0. The molecule has 9 heteroatoms. The van der Waals surface area contributed by atoms with Crippen LogP contribution in [0.3, 0.4) is 0 Å². The van der Waals surface area contributed by atoms with Crippen molar-refractivity contribution in [2.24, 2.45) is 5.73 Å². The number of ether oxygens (including phenoxy) is 1. The summed E-state index contributed by atoms with van der Waals surface area (Å²) in [7, 11) is 0. The van der Waals surface area contributed by atoms with Crippen LogP contribution in [0.2, 0.25) is 0 Å². The van der Waals surface area contributed by atoms with E-state index in [-0.39, 0.29) is 11.5 Å². The molecule has 4 rings (SSSR count). The van der Waals surface area contributed by atoms with Crippen LogP contribution in [0.15, 0.2) is 55.0 Å². The fourth-order valence-electron chi connectivity index (χ4n) is 4.19. The van der Waals surface area contributed by atoms with Gasteiger partial charge in [-0.15, -0.1) is 0 Å². The highest BCUT2D eigenvalue weighted by Crippen LogP contribution is 2.40. The summed E-state index contributed by atoms with van der Waals surface area (Å²) in [5.74, 6) is -0.486. The molecule has 6 N–H and O–H groups in total. The predicted octanol–water partition coefficient (Wildman–Crippen LogP) is 2.69. The summed E-state index contributed by atoms with van der Waals surface area (Å²) in [6, 6.07) is 10.7. The number of anilines is 2. The van der Waals surface area contributed by atoms with E-state index in [4.69, 9.17) is 16.2 Å². The largest absolute Gasteiger partial charge is 0.386 e. The van der Waals surface area contributed by atoms with Crippen molar-refractivity contribution in [3.05, 3.63) is 66.2 Å². The van der Waals surface area contributed by atoms with Crippen molar-refractivity contribution in [1.29, 1.82) is 0 Å². The van der Waals surface area contributed by atoms with Crippen molar-refractivity contribution in [3.8, 4) is 11.3 Å². The second-order valence-electron chi connectivity index (χ2n) is 8.23. The molecular weight excluding hydrogens is 420 g/mol. The van der Waals surface area contributed by atoms with Gasteiger partial charge in [-0.1, -0.05) is 37.3 Å². The zero-order chi connectivity index (χ0) is 23.6.